The highest BCUT2D eigenvalue weighted by Crippen LogP contribution is 2.14. The van der Waals surface area contributed by atoms with Crippen molar-refractivity contribution in [1.29, 1.82) is 0 Å². The molecule has 0 radical (unpaired) electrons. The Balaban J connectivity index is 2.78. The molecule has 7 heteroatoms. The number of carboxylic acids is 1. The second kappa shape index (κ2) is 4.63. The SMILES string of the molecule is O=C(O)c1cccc(OC(F)C(F)F)n1. The van der Waals surface area contributed by atoms with E-state index < -0.39 is 30.3 Å². The van der Waals surface area contributed by atoms with Crippen LogP contribution in [0.2, 0.25) is 0 Å². The largest absolute Gasteiger partial charge is 0.477 e. The van der Waals surface area contributed by atoms with Crippen molar-refractivity contribution in [2.75, 3.05) is 0 Å². The zero-order valence-electron chi connectivity index (χ0n) is 7.23. The summed E-state index contributed by atoms with van der Waals surface area (Å²) in [6.45, 7) is 0. The van der Waals surface area contributed by atoms with Crippen molar-refractivity contribution >= 4 is 5.97 Å². The molecule has 0 bridgehead atoms. The number of halogens is 3. The topological polar surface area (TPSA) is 59.4 Å². The third-order valence-corrected chi connectivity index (χ3v) is 1.37. The van der Waals surface area contributed by atoms with Gasteiger partial charge in [0.15, 0.2) is 5.69 Å². The predicted molar refractivity (Wildman–Crippen MR) is 42.7 cm³/mol. The normalized spacial score (nSPS) is 12.5. The van der Waals surface area contributed by atoms with Crippen LogP contribution in [-0.2, 0) is 0 Å². The van der Waals surface area contributed by atoms with Gasteiger partial charge in [-0.15, -0.1) is 0 Å². The molecule has 0 fully saturated rings. The maximum Gasteiger partial charge on any atom is 0.354 e. The molecule has 15 heavy (non-hydrogen) atoms. The highest BCUT2D eigenvalue weighted by Gasteiger charge is 2.21. The fraction of sp³-hybridized carbons (Fsp3) is 0.250. The molecule has 0 saturated heterocycles. The number of hydrogen-bond donors (Lipinski definition) is 1. The van der Waals surface area contributed by atoms with Gasteiger partial charge in [-0.2, -0.15) is 4.39 Å². The molecule has 1 unspecified atom stereocenters. The summed E-state index contributed by atoms with van der Waals surface area (Å²) in [5.41, 5.74) is -0.408. The first-order valence-corrected chi connectivity index (χ1v) is 3.80. The molecule has 1 heterocycles. The van der Waals surface area contributed by atoms with Gasteiger partial charge in [0.1, 0.15) is 0 Å². The monoisotopic (exact) mass is 221 g/mol. The molecule has 0 aromatic carbocycles. The van der Waals surface area contributed by atoms with E-state index in [9.17, 15) is 18.0 Å². The Labute approximate surface area is 82.3 Å². The summed E-state index contributed by atoms with van der Waals surface area (Å²) < 4.78 is 39.9. The molecular formula is C8H6F3NO3. The van der Waals surface area contributed by atoms with Crippen LogP contribution in [0.4, 0.5) is 13.2 Å². The van der Waals surface area contributed by atoms with Gasteiger partial charge >= 0.3 is 12.4 Å². The number of nitrogens with zero attached hydrogens (tertiary/aromatic N) is 1. The number of aromatic nitrogens is 1. The van der Waals surface area contributed by atoms with Crippen molar-refractivity contribution in [1.82, 2.24) is 4.98 Å². The number of pyridine rings is 1. The van der Waals surface area contributed by atoms with Gasteiger partial charge in [-0.25, -0.2) is 18.6 Å². The fourth-order valence-electron chi connectivity index (χ4n) is 0.766. The Kier molecular flexibility index (Phi) is 3.48. The van der Waals surface area contributed by atoms with E-state index in [1.165, 1.54) is 6.07 Å². The maximum absolute atomic E-state index is 12.4. The molecule has 0 amide bonds. The average Bonchev–Trinajstić information content (AvgIpc) is 2.18. The Morgan fingerprint density at radius 2 is 2.07 bits per heavy atom. The van der Waals surface area contributed by atoms with E-state index in [1.54, 1.807) is 0 Å². The van der Waals surface area contributed by atoms with Crippen LogP contribution in [0.25, 0.3) is 0 Å². The summed E-state index contributed by atoms with van der Waals surface area (Å²) in [5, 5.41) is 8.49. The van der Waals surface area contributed by atoms with Crippen LogP contribution in [0, 0.1) is 0 Å². The van der Waals surface area contributed by atoms with E-state index >= 15 is 0 Å². The van der Waals surface area contributed by atoms with Crippen LogP contribution in [0.3, 0.4) is 0 Å². The number of hydrogen-bond acceptors (Lipinski definition) is 3. The molecule has 4 nitrogen and oxygen atoms in total. The van der Waals surface area contributed by atoms with Gasteiger partial charge in [0.2, 0.25) is 5.88 Å². The number of alkyl halides is 3. The second-order valence-electron chi connectivity index (χ2n) is 2.47. The van der Waals surface area contributed by atoms with Crippen molar-refractivity contribution in [2.24, 2.45) is 0 Å². The molecule has 1 aromatic rings. The van der Waals surface area contributed by atoms with Crippen LogP contribution < -0.4 is 4.74 Å². The Morgan fingerprint density at radius 1 is 1.40 bits per heavy atom. The predicted octanol–water partition coefficient (Wildman–Crippen LogP) is 1.72. The first kappa shape index (κ1) is 11.3. The lowest BCUT2D eigenvalue weighted by Crippen LogP contribution is -2.20. The van der Waals surface area contributed by atoms with Crippen molar-refractivity contribution in [3.05, 3.63) is 23.9 Å². The van der Waals surface area contributed by atoms with Crippen molar-refractivity contribution < 1.29 is 27.8 Å². The van der Waals surface area contributed by atoms with E-state index in [0.717, 1.165) is 12.1 Å². The zero-order valence-corrected chi connectivity index (χ0v) is 7.23. The number of aromatic carboxylic acids is 1. The molecule has 82 valence electrons. The number of carboxylic acid groups (broad SMARTS) is 1. The van der Waals surface area contributed by atoms with E-state index in [0.29, 0.717) is 0 Å². The lowest BCUT2D eigenvalue weighted by atomic mass is 10.3. The third kappa shape index (κ3) is 3.12. The molecule has 0 spiro atoms. The summed E-state index contributed by atoms with van der Waals surface area (Å²) in [4.78, 5) is 13.7. The summed E-state index contributed by atoms with van der Waals surface area (Å²) in [5.74, 6) is -1.85. The van der Waals surface area contributed by atoms with Gasteiger partial charge in [0.05, 0.1) is 0 Å². The lowest BCUT2D eigenvalue weighted by molar-refractivity contribution is -0.0691. The number of carbonyl (C=O) groups is 1. The van der Waals surface area contributed by atoms with E-state index in [-0.39, 0.29) is 0 Å². The highest BCUT2D eigenvalue weighted by molar-refractivity contribution is 5.85. The van der Waals surface area contributed by atoms with Crippen molar-refractivity contribution in [3.63, 3.8) is 0 Å². The molecule has 0 aliphatic carbocycles. The Hall–Kier alpha value is -1.79. The minimum absolute atomic E-state index is 0.408. The summed E-state index contributed by atoms with van der Waals surface area (Å²) in [6, 6.07) is 3.43. The summed E-state index contributed by atoms with van der Waals surface area (Å²) in [6.07, 6.45) is -6.12. The first-order valence-electron chi connectivity index (χ1n) is 3.80. The molecule has 0 saturated carbocycles. The molecule has 1 aromatic heterocycles. The van der Waals surface area contributed by atoms with Gasteiger partial charge in [-0.3, -0.25) is 0 Å². The Morgan fingerprint density at radius 3 is 2.60 bits per heavy atom. The summed E-state index contributed by atoms with van der Waals surface area (Å²) in [7, 11) is 0. The van der Waals surface area contributed by atoms with Crippen LogP contribution in [0.15, 0.2) is 18.2 Å². The third-order valence-electron chi connectivity index (χ3n) is 1.37. The Bertz CT molecular complexity index is 359. The fourth-order valence-corrected chi connectivity index (χ4v) is 0.766. The van der Waals surface area contributed by atoms with Crippen molar-refractivity contribution in [2.45, 2.75) is 12.8 Å². The van der Waals surface area contributed by atoms with Gasteiger partial charge in [-0.05, 0) is 6.07 Å². The molecule has 0 aliphatic rings. The first-order chi connectivity index (χ1) is 7.00. The molecule has 1 N–H and O–H groups in total. The molecule has 1 atom stereocenters. The molecule has 0 aliphatic heterocycles. The van der Waals surface area contributed by atoms with E-state index in [1.807, 2.05) is 0 Å². The highest BCUT2D eigenvalue weighted by atomic mass is 19.3. The number of rotatable bonds is 4. The van der Waals surface area contributed by atoms with Gasteiger partial charge in [-0.1, -0.05) is 6.07 Å². The van der Waals surface area contributed by atoms with Gasteiger partial charge < -0.3 is 9.84 Å². The quantitative estimate of drug-likeness (QED) is 0.840. The van der Waals surface area contributed by atoms with Crippen LogP contribution in [-0.4, -0.2) is 28.8 Å². The second-order valence-corrected chi connectivity index (χ2v) is 2.47. The van der Waals surface area contributed by atoms with Crippen LogP contribution >= 0.6 is 0 Å². The number of ether oxygens (including phenoxy) is 1. The lowest BCUT2D eigenvalue weighted by Gasteiger charge is -2.09. The smallest absolute Gasteiger partial charge is 0.354 e. The molecule has 1 rings (SSSR count). The minimum Gasteiger partial charge on any atom is -0.477 e. The summed E-state index contributed by atoms with van der Waals surface area (Å²) >= 11 is 0. The van der Waals surface area contributed by atoms with E-state index in [2.05, 4.69) is 9.72 Å². The van der Waals surface area contributed by atoms with Gasteiger partial charge in [0, 0.05) is 6.07 Å². The van der Waals surface area contributed by atoms with Crippen molar-refractivity contribution in [3.8, 4) is 5.88 Å². The molecular weight excluding hydrogens is 215 g/mol. The van der Waals surface area contributed by atoms with Gasteiger partial charge in [0.25, 0.3) is 6.36 Å². The minimum atomic E-state index is -3.31. The zero-order chi connectivity index (χ0) is 11.4. The maximum atomic E-state index is 12.4. The standard InChI is InChI=1S/C8H6F3NO3/c9-6(10)7(11)15-5-3-1-2-4(12-5)8(13)14/h1-3,6-7H,(H,13,14). The van der Waals surface area contributed by atoms with E-state index in [4.69, 9.17) is 5.11 Å². The van der Waals surface area contributed by atoms with Crippen LogP contribution in [0.5, 0.6) is 5.88 Å². The average molecular weight is 221 g/mol. The van der Waals surface area contributed by atoms with Crippen LogP contribution in [0.1, 0.15) is 10.5 Å².